The monoisotopic (exact) mass is 580 g/mol. The van der Waals surface area contributed by atoms with Crippen molar-refractivity contribution in [2.24, 2.45) is 7.05 Å². The third-order valence-electron chi connectivity index (χ3n) is 7.39. The third-order valence-corrected chi connectivity index (χ3v) is 8.51. The molecule has 1 heterocycles. The highest BCUT2D eigenvalue weighted by molar-refractivity contribution is 7.97. The quantitative estimate of drug-likeness (QED) is 0.206. The summed E-state index contributed by atoms with van der Waals surface area (Å²) in [4.78, 5) is 21.0. The minimum atomic E-state index is -0.912. The van der Waals surface area contributed by atoms with Crippen LogP contribution in [-0.2, 0) is 24.8 Å². The first-order valence-corrected chi connectivity index (χ1v) is 14.5. The Kier molecular flexibility index (Phi) is 8.88. The van der Waals surface area contributed by atoms with Gasteiger partial charge in [-0.2, -0.15) is 0 Å². The fourth-order valence-corrected chi connectivity index (χ4v) is 6.18. The van der Waals surface area contributed by atoms with Crippen molar-refractivity contribution in [3.63, 3.8) is 0 Å². The van der Waals surface area contributed by atoms with E-state index in [-0.39, 0.29) is 24.3 Å². The van der Waals surface area contributed by atoms with E-state index in [1.165, 1.54) is 23.3 Å². The Balaban J connectivity index is 1.41. The molecule has 0 bridgehead atoms. The molecular formula is C31H31ClF2N4OS. The van der Waals surface area contributed by atoms with E-state index in [1.807, 2.05) is 55.1 Å². The van der Waals surface area contributed by atoms with Crippen LogP contribution in [0, 0.1) is 11.6 Å². The first-order chi connectivity index (χ1) is 19.3. The molecule has 3 aromatic carbocycles. The van der Waals surface area contributed by atoms with Crippen LogP contribution in [0.2, 0.25) is 5.02 Å². The molecule has 1 aliphatic carbocycles. The second kappa shape index (κ2) is 12.5. The summed E-state index contributed by atoms with van der Waals surface area (Å²) in [5.74, 6) is -1.48. The van der Waals surface area contributed by atoms with Crippen molar-refractivity contribution < 1.29 is 13.6 Å². The van der Waals surface area contributed by atoms with Crippen LogP contribution in [0.3, 0.4) is 0 Å². The Labute approximate surface area is 242 Å². The highest BCUT2D eigenvalue weighted by Gasteiger charge is 2.26. The van der Waals surface area contributed by atoms with Gasteiger partial charge in [-0.25, -0.2) is 13.8 Å². The van der Waals surface area contributed by atoms with Crippen molar-refractivity contribution in [3.05, 3.63) is 112 Å². The molecule has 0 saturated heterocycles. The number of nitrogens with zero attached hydrogens (tertiary/aromatic N) is 3. The van der Waals surface area contributed by atoms with Crippen molar-refractivity contribution in [3.8, 4) is 0 Å². The largest absolute Gasteiger partial charge is 0.337 e. The van der Waals surface area contributed by atoms with Gasteiger partial charge in [0.1, 0.15) is 5.82 Å². The Hall–Kier alpha value is -3.20. The summed E-state index contributed by atoms with van der Waals surface area (Å²) < 4.78 is 32.9. The molecule has 0 aliphatic heterocycles. The van der Waals surface area contributed by atoms with Crippen molar-refractivity contribution in [1.29, 1.82) is 0 Å². The average molecular weight is 581 g/mol. The van der Waals surface area contributed by atoms with Crippen LogP contribution in [-0.4, -0.2) is 15.5 Å². The normalized spacial score (nSPS) is 15.5. The number of hydrogen-bond acceptors (Lipinski definition) is 4. The number of hydrogen-bond donors (Lipinski definition) is 1. The summed E-state index contributed by atoms with van der Waals surface area (Å²) in [6.07, 6.45) is 6.73. The van der Waals surface area contributed by atoms with Crippen LogP contribution in [0.5, 0.6) is 0 Å². The molecule has 1 aliphatic rings. The van der Waals surface area contributed by atoms with Gasteiger partial charge in [0.15, 0.2) is 11.6 Å². The van der Waals surface area contributed by atoms with Crippen LogP contribution in [0.25, 0.3) is 0 Å². The standard InChI is InChI=1S/C31H31ClF2N4OS/c1-20(22-10-12-27(33)28(34)16-22)15-31(39)38(19-30-35-13-14-37(30)2)24-11-9-21-5-3-8-29(26(21)18-24)36-40-25-7-4-6-23(32)17-25/h4,6-7,9-14,16-18,20,29,36H,3,5,8,15,19H2,1-2H3/t20-,29?/m0/s1. The zero-order chi connectivity index (χ0) is 28.2. The number of aryl methyl sites for hydroxylation is 2. The van der Waals surface area contributed by atoms with Gasteiger partial charge < -0.3 is 9.47 Å². The van der Waals surface area contributed by atoms with Crippen molar-refractivity contribution in [2.75, 3.05) is 4.90 Å². The van der Waals surface area contributed by atoms with E-state index < -0.39 is 11.6 Å². The summed E-state index contributed by atoms with van der Waals surface area (Å²) in [6.45, 7) is 2.14. The van der Waals surface area contributed by atoms with E-state index >= 15 is 0 Å². The summed E-state index contributed by atoms with van der Waals surface area (Å²) in [5, 5.41) is 0.694. The van der Waals surface area contributed by atoms with Gasteiger partial charge in [0.25, 0.3) is 0 Å². The van der Waals surface area contributed by atoms with Crippen LogP contribution in [0.4, 0.5) is 14.5 Å². The number of fused-ring (bicyclic) bond motifs is 1. The minimum absolute atomic E-state index is 0.110. The van der Waals surface area contributed by atoms with Gasteiger partial charge in [-0.05, 0) is 96.3 Å². The topological polar surface area (TPSA) is 50.2 Å². The molecule has 0 fully saturated rings. The lowest BCUT2D eigenvalue weighted by molar-refractivity contribution is -0.119. The molecule has 0 saturated carbocycles. The van der Waals surface area contributed by atoms with Gasteiger partial charge in [0.2, 0.25) is 5.91 Å². The second-order valence-electron chi connectivity index (χ2n) is 10.2. The molecule has 40 heavy (non-hydrogen) atoms. The van der Waals surface area contributed by atoms with Gasteiger partial charge in [-0.1, -0.05) is 36.7 Å². The molecule has 4 aromatic rings. The first kappa shape index (κ1) is 28.3. The lowest BCUT2D eigenvalue weighted by atomic mass is 9.87. The zero-order valence-electron chi connectivity index (χ0n) is 22.4. The highest BCUT2D eigenvalue weighted by atomic mass is 35.5. The van der Waals surface area contributed by atoms with Gasteiger partial charge in [-0.3, -0.25) is 9.52 Å². The summed E-state index contributed by atoms with van der Waals surface area (Å²) >= 11 is 7.72. The van der Waals surface area contributed by atoms with Crippen LogP contribution in [0.1, 0.15) is 60.7 Å². The maximum Gasteiger partial charge on any atom is 0.228 e. The molecule has 1 amide bonds. The third kappa shape index (κ3) is 6.57. The van der Waals surface area contributed by atoms with Crippen molar-refractivity contribution >= 4 is 35.1 Å². The maximum atomic E-state index is 13.9. The van der Waals surface area contributed by atoms with Crippen LogP contribution >= 0.6 is 23.5 Å². The van der Waals surface area contributed by atoms with E-state index in [2.05, 4.69) is 21.8 Å². The molecule has 5 nitrogen and oxygen atoms in total. The number of halogens is 3. The van der Waals surface area contributed by atoms with E-state index in [0.717, 1.165) is 41.7 Å². The number of benzene rings is 3. The molecule has 5 rings (SSSR count). The Morgan fingerprint density at radius 3 is 2.77 bits per heavy atom. The molecule has 1 aromatic heterocycles. The second-order valence-corrected chi connectivity index (χ2v) is 11.6. The van der Waals surface area contributed by atoms with E-state index in [4.69, 9.17) is 11.6 Å². The summed E-state index contributed by atoms with van der Waals surface area (Å²) in [7, 11) is 1.90. The summed E-state index contributed by atoms with van der Waals surface area (Å²) in [5.41, 5.74) is 3.80. The molecule has 2 atom stereocenters. The summed E-state index contributed by atoms with van der Waals surface area (Å²) in [6, 6.07) is 17.9. The molecule has 0 spiro atoms. The lowest BCUT2D eigenvalue weighted by Gasteiger charge is -2.30. The lowest BCUT2D eigenvalue weighted by Crippen LogP contribution is -2.33. The first-order valence-electron chi connectivity index (χ1n) is 13.3. The molecule has 9 heteroatoms. The van der Waals surface area contributed by atoms with Crippen LogP contribution < -0.4 is 9.62 Å². The number of rotatable bonds is 9. The molecule has 208 valence electrons. The minimum Gasteiger partial charge on any atom is -0.337 e. The van der Waals surface area contributed by atoms with Gasteiger partial charge >= 0.3 is 0 Å². The molecule has 0 radical (unpaired) electrons. The van der Waals surface area contributed by atoms with Gasteiger partial charge in [-0.15, -0.1) is 0 Å². The predicted molar refractivity (Wildman–Crippen MR) is 156 cm³/mol. The van der Waals surface area contributed by atoms with E-state index in [9.17, 15) is 13.6 Å². The zero-order valence-corrected chi connectivity index (χ0v) is 24.0. The predicted octanol–water partition coefficient (Wildman–Crippen LogP) is 7.75. The molecule has 1 unspecified atom stereocenters. The van der Waals surface area contributed by atoms with Crippen LogP contribution in [0.15, 0.2) is 78.0 Å². The smallest absolute Gasteiger partial charge is 0.228 e. The van der Waals surface area contributed by atoms with E-state index in [1.54, 1.807) is 23.0 Å². The average Bonchev–Trinajstić information content (AvgIpc) is 3.35. The Bertz CT molecular complexity index is 1510. The number of carbonyl (C=O) groups is 1. The number of carbonyl (C=O) groups excluding carboxylic acids is 1. The van der Waals surface area contributed by atoms with Gasteiger partial charge in [0, 0.05) is 47.5 Å². The SMILES string of the molecule is C[C@@H](CC(=O)N(Cc1nccn1C)c1ccc2c(c1)C(NSc1cccc(Cl)c1)CCC2)c1ccc(F)c(F)c1. The number of imidazole rings is 1. The molecular weight excluding hydrogens is 550 g/mol. The highest BCUT2D eigenvalue weighted by Crippen LogP contribution is 2.36. The molecule has 1 N–H and O–H groups in total. The fraction of sp³-hybridized carbons (Fsp3) is 0.290. The number of anilines is 1. The Morgan fingerprint density at radius 2 is 2.02 bits per heavy atom. The fourth-order valence-electron chi connectivity index (χ4n) is 5.07. The van der Waals surface area contributed by atoms with Gasteiger partial charge in [0.05, 0.1) is 6.54 Å². The number of nitrogens with one attached hydrogen (secondary N) is 1. The number of aromatic nitrogens is 2. The van der Waals surface area contributed by atoms with E-state index in [0.29, 0.717) is 17.1 Å². The van der Waals surface area contributed by atoms with Crippen molar-refractivity contribution in [2.45, 2.75) is 56.0 Å². The number of amides is 1. The van der Waals surface area contributed by atoms with Crippen molar-refractivity contribution in [1.82, 2.24) is 14.3 Å². The maximum absolute atomic E-state index is 13.9. The Morgan fingerprint density at radius 1 is 1.18 bits per heavy atom.